The van der Waals surface area contributed by atoms with Gasteiger partial charge in [-0.1, -0.05) is 0 Å². The number of ether oxygens (including phenoxy) is 1. The third-order valence-corrected chi connectivity index (χ3v) is 6.23. The number of methoxy groups -OCH3 is 1. The molecule has 1 saturated carbocycles. The van der Waals surface area contributed by atoms with Gasteiger partial charge in [0.05, 0.1) is 30.4 Å². The Morgan fingerprint density at radius 2 is 2.00 bits per heavy atom. The highest BCUT2D eigenvalue weighted by atomic mass is 79.9. The van der Waals surface area contributed by atoms with Crippen LogP contribution in [0.1, 0.15) is 55.5 Å². The van der Waals surface area contributed by atoms with Crippen molar-refractivity contribution in [3.63, 3.8) is 0 Å². The zero-order valence-corrected chi connectivity index (χ0v) is 17.0. The summed E-state index contributed by atoms with van der Waals surface area (Å²) in [5.74, 6) is 0.100. The number of benzene rings is 1. The molecule has 0 spiro atoms. The molecule has 0 N–H and O–H groups in total. The summed E-state index contributed by atoms with van der Waals surface area (Å²) in [5, 5.41) is 0. The lowest BCUT2D eigenvalue weighted by molar-refractivity contribution is -0.129. The fourth-order valence-corrected chi connectivity index (χ4v) is 5.18. The SMILES string of the molecule is COC(=O)c1cc(Br)c2c(c1)C1CCC(N(C)C(C)=O)C1N2C(C)C. The zero-order valence-electron chi connectivity index (χ0n) is 15.4. The molecule has 1 aromatic carbocycles. The molecular weight excluding hydrogens is 384 g/mol. The number of hydrogen-bond acceptors (Lipinski definition) is 4. The molecule has 2 aliphatic rings. The van der Waals surface area contributed by atoms with Gasteiger partial charge in [-0.25, -0.2) is 4.79 Å². The Kier molecular flexibility index (Phi) is 4.84. The average molecular weight is 409 g/mol. The molecule has 0 radical (unpaired) electrons. The van der Waals surface area contributed by atoms with Crippen LogP contribution in [0.5, 0.6) is 0 Å². The summed E-state index contributed by atoms with van der Waals surface area (Å²) < 4.78 is 5.82. The first-order valence-electron chi connectivity index (χ1n) is 8.71. The molecule has 1 aliphatic carbocycles. The lowest BCUT2D eigenvalue weighted by Gasteiger charge is -2.38. The molecular formula is C19H25BrN2O3. The summed E-state index contributed by atoms with van der Waals surface area (Å²) >= 11 is 3.67. The van der Waals surface area contributed by atoms with Crippen molar-refractivity contribution >= 4 is 33.5 Å². The van der Waals surface area contributed by atoms with Crippen molar-refractivity contribution in [2.45, 2.75) is 57.7 Å². The Balaban J connectivity index is 2.10. The molecule has 1 fully saturated rings. The van der Waals surface area contributed by atoms with Gasteiger partial charge >= 0.3 is 5.97 Å². The van der Waals surface area contributed by atoms with E-state index < -0.39 is 0 Å². The van der Waals surface area contributed by atoms with E-state index in [0.717, 1.165) is 23.0 Å². The second-order valence-electron chi connectivity index (χ2n) is 7.26. The van der Waals surface area contributed by atoms with Crippen molar-refractivity contribution in [3.8, 4) is 0 Å². The number of hydrogen-bond donors (Lipinski definition) is 0. The number of esters is 1. The van der Waals surface area contributed by atoms with Gasteiger partial charge in [-0.05, 0) is 60.3 Å². The summed E-state index contributed by atoms with van der Waals surface area (Å²) in [6.45, 7) is 5.98. The normalized spacial score (nSPS) is 24.3. The van der Waals surface area contributed by atoms with Crippen LogP contribution in [0.4, 0.5) is 5.69 Å². The van der Waals surface area contributed by atoms with Gasteiger partial charge in [0.2, 0.25) is 5.91 Å². The molecule has 3 rings (SSSR count). The minimum Gasteiger partial charge on any atom is -0.465 e. The number of nitrogens with zero attached hydrogens (tertiary/aromatic N) is 2. The van der Waals surface area contributed by atoms with Crippen LogP contribution in [0.3, 0.4) is 0 Å². The molecule has 1 aromatic rings. The number of fused-ring (bicyclic) bond motifs is 3. The molecule has 0 bridgehead atoms. The summed E-state index contributed by atoms with van der Waals surface area (Å²) in [6.07, 6.45) is 1.99. The van der Waals surface area contributed by atoms with E-state index in [9.17, 15) is 9.59 Å². The zero-order chi connectivity index (χ0) is 18.5. The first-order valence-corrected chi connectivity index (χ1v) is 9.50. The Labute approximate surface area is 157 Å². The van der Waals surface area contributed by atoms with Crippen molar-refractivity contribution in [2.24, 2.45) is 0 Å². The molecule has 25 heavy (non-hydrogen) atoms. The smallest absolute Gasteiger partial charge is 0.337 e. The maximum absolute atomic E-state index is 12.0. The van der Waals surface area contributed by atoms with Crippen molar-refractivity contribution in [1.82, 2.24) is 4.90 Å². The van der Waals surface area contributed by atoms with E-state index in [-0.39, 0.29) is 24.0 Å². The maximum Gasteiger partial charge on any atom is 0.337 e. The van der Waals surface area contributed by atoms with Crippen LogP contribution in [0.2, 0.25) is 0 Å². The van der Waals surface area contributed by atoms with Crippen LogP contribution in [0.15, 0.2) is 16.6 Å². The van der Waals surface area contributed by atoms with E-state index in [1.165, 1.54) is 12.7 Å². The summed E-state index contributed by atoms with van der Waals surface area (Å²) in [7, 11) is 3.30. The van der Waals surface area contributed by atoms with E-state index in [0.29, 0.717) is 17.5 Å². The van der Waals surface area contributed by atoms with E-state index in [4.69, 9.17) is 4.74 Å². The van der Waals surface area contributed by atoms with Gasteiger partial charge in [-0.15, -0.1) is 0 Å². The lowest BCUT2D eigenvalue weighted by atomic mass is 9.95. The van der Waals surface area contributed by atoms with Crippen LogP contribution in [-0.2, 0) is 9.53 Å². The predicted octanol–water partition coefficient (Wildman–Crippen LogP) is 3.56. The molecule has 1 aliphatic heterocycles. The molecule has 0 aromatic heterocycles. The highest BCUT2D eigenvalue weighted by Gasteiger charge is 2.50. The van der Waals surface area contributed by atoms with Gasteiger partial charge in [0.25, 0.3) is 0 Å². The third-order valence-electron chi connectivity index (χ3n) is 5.62. The van der Waals surface area contributed by atoms with Crippen LogP contribution in [0, 0.1) is 0 Å². The predicted molar refractivity (Wildman–Crippen MR) is 101 cm³/mol. The monoisotopic (exact) mass is 408 g/mol. The number of likely N-dealkylation sites (N-methyl/N-ethyl adjacent to an activating group) is 1. The van der Waals surface area contributed by atoms with Crippen LogP contribution < -0.4 is 4.90 Å². The fraction of sp³-hybridized carbons (Fsp3) is 0.579. The molecule has 3 atom stereocenters. The number of amides is 1. The van der Waals surface area contributed by atoms with Crippen molar-refractivity contribution in [3.05, 3.63) is 27.7 Å². The van der Waals surface area contributed by atoms with Crippen LogP contribution in [-0.4, -0.2) is 49.1 Å². The van der Waals surface area contributed by atoms with Crippen molar-refractivity contribution < 1.29 is 14.3 Å². The Hall–Kier alpha value is -1.56. The van der Waals surface area contributed by atoms with Gasteiger partial charge in [0, 0.05) is 30.4 Å². The number of carbonyl (C=O) groups excluding carboxylic acids is 2. The number of halogens is 1. The maximum atomic E-state index is 12.0. The summed E-state index contributed by atoms with van der Waals surface area (Å²) in [5.41, 5.74) is 2.91. The first kappa shape index (κ1) is 18.2. The van der Waals surface area contributed by atoms with Gasteiger partial charge < -0.3 is 14.5 Å². The fourth-order valence-electron chi connectivity index (χ4n) is 4.50. The Morgan fingerprint density at radius 1 is 1.32 bits per heavy atom. The van der Waals surface area contributed by atoms with Gasteiger partial charge in [0.15, 0.2) is 0 Å². The van der Waals surface area contributed by atoms with Gasteiger partial charge in [-0.3, -0.25) is 4.79 Å². The van der Waals surface area contributed by atoms with Gasteiger partial charge in [-0.2, -0.15) is 0 Å². The second-order valence-corrected chi connectivity index (χ2v) is 8.11. The molecule has 1 heterocycles. The first-order chi connectivity index (χ1) is 11.8. The largest absolute Gasteiger partial charge is 0.465 e. The topological polar surface area (TPSA) is 49.9 Å². The summed E-state index contributed by atoms with van der Waals surface area (Å²) in [6, 6.07) is 4.54. The lowest BCUT2D eigenvalue weighted by Crippen LogP contribution is -2.51. The summed E-state index contributed by atoms with van der Waals surface area (Å²) in [4.78, 5) is 28.3. The minimum absolute atomic E-state index is 0.0969. The van der Waals surface area contributed by atoms with Gasteiger partial charge in [0.1, 0.15) is 0 Å². The molecule has 5 nitrogen and oxygen atoms in total. The third kappa shape index (κ3) is 2.84. The minimum atomic E-state index is -0.321. The molecule has 0 saturated heterocycles. The van der Waals surface area contributed by atoms with Crippen molar-refractivity contribution in [2.75, 3.05) is 19.1 Å². The highest BCUT2D eigenvalue weighted by Crippen LogP contribution is 2.53. The molecule has 136 valence electrons. The molecule has 3 unspecified atom stereocenters. The molecule has 6 heteroatoms. The van der Waals surface area contributed by atoms with E-state index >= 15 is 0 Å². The Morgan fingerprint density at radius 3 is 2.56 bits per heavy atom. The second kappa shape index (κ2) is 6.63. The Bertz CT molecular complexity index is 719. The average Bonchev–Trinajstić information content (AvgIpc) is 3.11. The van der Waals surface area contributed by atoms with Crippen molar-refractivity contribution in [1.29, 1.82) is 0 Å². The number of anilines is 1. The van der Waals surface area contributed by atoms with Crippen LogP contribution in [0.25, 0.3) is 0 Å². The standard InChI is InChI=1S/C19H25BrN2O3/c1-10(2)22-17-14(8-12(9-15(17)20)19(24)25-5)13-6-7-16(18(13)22)21(4)11(3)23/h8-10,13,16,18H,6-7H2,1-5H3. The number of rotatable bonds is 3. The molecule has 1 amide bonds. The van der Waals surface area contributed by atoms with E-state index in [2.05, 4.69) is 34.7 Å². The quantitative estimate of drug-likeness (QED) is 0.717. The highest BCUT2D eigenvalue weighted by molar-refractivity contribution is 9.10. The van der Waals surface area contributed by atoms with Crippen LogP contribution >= 0.6 is 15.9 Å². The van der Waals surface area contributed by atoms with E-state index in [1.54, 1.807) is 6.92 Å². The van der Waals surface area contributed by atoms with E-state index in [1.807, 2.05) is 24.1 Å². The number of carbonyl (C=O) groups is 2.